The summed E-state index contributed by atoms with van der Waals surface area (Å²) in [6.45, 7) is 1.18. The molecular formula is C7H7NO2. The Hall–Kier alpha value is -1.09. The molecule has 1 N–H and O–H groups in total. The van der Waals surface area contributed by atoms with Crippen molar-refractivity contribution in [1.82, 2.24) is 4.98 Å². The molecular weight excluding hydrogens is 130 g/mol. The van der Waals surface area contributed by atoms with Crippen LogP contribution < -0.4 is 5.56 Å². The maximum absolute atomic E-state index is 10.7. The van der Waals surface area contributed by atoms with E-state index < -0.39 is 0 Å². The summed E-state index contributed by atoms with van der Waals surface area (Å²) in [7, 11) is 0. The Morgan fingerprint density at radius 2 is 2.30 bits per heavy atom. The van der Waals surface area contributed by atoms with Gasteiger partial charge < -0.3 is 9.72 Å². The van der Waals surface area contributed by atoms with Crippen molar-refractivity contribution in [2.75, 3.05) is 0 Å². The molecule has 52 valence electrons. The first-order chi connectivity index (χ1) is 4.86. The third-order valence-electron chi connectivity index (χ3n) is 1.60. The average Bonchev–Trinajstić information content (AvgIpc) is 2.33. The minimum Gasteiger partial charge on any atom is -0.370 e. The number of pyridine rings is 1. The molecule has 1 aromatic heterocycles. The van der Waals surface area contributed by atoms with E-state index >= 15 is 0 Å². The molecule has 1 aliphatic rings. The fourth-order valence-electron chi connectivity index (χ4n) is 1.07. The predicted octanol–water partition coefficient (Wildman–Crippen LogP) is 0.405. The summed E-state index contributed by atoms with van der Waals surface area (Å²) in [6.07, 6.45) is 0. The molecule has 0 aromatic carbocycles. The van der Waals surface area contributed by atoms with Crippen molar-refractivity contribution in [3.63, 3.8) is 0 Å². The zero-order valence-corrected chi connectivity index (χ0v) is 5.39. The summed E-state index contributed by atoms with van der Waals surface area (Å²) < 4.78 is 5.10. The van der Waals surface area contributed by atoms with Crippen LogP contribution in [0, 0.1) is 0 Å². The zero-order chi connectivity index (χ0) is 6.97. The van der Waals surface area contributed by atoms with Crippen LogP contribution in [0.4, 0.5) is 0 Å². The molecule has 0 unspecified atom stereocenters. The lowest BCUT2D eigenvalue weighted by molar-refractivity contribution is 0.133. The Bertz CT molecular complexity index is 303. The average molecular weight is 137 g/mol. The molecule has 2 rings (SSSR count). The summed E-state index contributed by atoms with van der Waals surface area (Å²) in [4.78, 5) is 13.4. The number of fused-ring (bicyclic) bond motifs is 1. The summed E-state index contributed by atoms with van der Waals surface area (Å²) >= 11 is 0. The minimum atomic E-state index is -0.0516. The Morgan fingerprint density at radius 1 is 1.40 bits per heavy atom. The molecule has 10 heavy (non-hydrogen) atoms. The number of ether oxygens (including phenoxy) is 1. The quantitative estimate of drug-likeness (QED) is 0.562. The smallest absolute Gasteiger partial charge is 0.248 e. The molecule has 2 heterocycles. The van der Waals surface area contributed by atoms with E-state index in [1.54, 1.807) is 6.07 Å². The molecule has 1 aliphatic heterocycles. The molecule has 0 spiro atoms. The van der Waals surface area contributed by atoms with Gasteiger partial charge in [-0.05, 0) is 11.6 Å². The van der Waals surface area contributed by atoms with Gasteiger partial charge in [-0.1, -0.05) is 0 Å². The second-order valence-corrected chi connectivity index (χ2v) is 2.32. The number of aromatic amines is 1. The van der Waals surface area contributed by atoms with Crippen LogP contribution in [0.25, 0.3) is 0 Å². The fraction of sp³-hybridized carbons (Fsp3) is 0.286. The summed E-state index contributed by atoms with van der Waals surface area (Å²) in [5, 5.41) is 0. The first-order valence-corrected chi connectivity index (χ1v) is 3.15. The summed E-state index contributed by atoms with van der Waals surface area (Å²) in [6, 6.07) is 3.33. The Labute approximate surface area is 57.7 Å². The number of aromatic nitrogens is 1. The van der Waals surface area contributed by atoms with Crippen LogP contribution >= 0.6 is 0 Å². The topological polar surface area (TPSA) is 42.1 Å². The first kappa shape index (κ1) is 5.68. The maximum atomic E-state index is 10.7. The van der Waals surface area contributed by atoms with E-state index in [9.17, 15) is 4.79 Å². The molecule has 0 fully saturated rings. The molecule has 0 saturated carbocycles. The van der Waals surface area contributed by atoms with Gasteiger partial charge in [-0.15, -0.1) is 0 Å². The molecule has 0 bridgehead atoms. The molecule has 1 aromatic rings. The van der Waals surface area contributed by atoms with Gasteiger partial charge in [-0.2, -0.15) is 0 Å². The van der Waals surface area contributed by atoms with Gasteiger partial charge in [0.05, 0.1) is 13.2 Å². The van der Waals surface area contributed by atoms with Crippen molar-refractivity contribution in [3.05, 3.63) is 33.7 Å². The van der Waals surface area contributed by atoms with Crippen LogP contribution in [0.3, 0.4) is 0 Å². The van der Waals surface area contributed by atoms with Crippen molar-refractivity contribution in [2.24, 2.45) is 0 Å². The van der Waals surface area contributed by atoms with Crippen molar-refractivity contribution in [1.29, 1.82) is 0 Å². The highest BCUT2D eigenvalue weighted by Gasteiger charge is 2.09. The van der Waals surface area contributed by atoms with Crippen LogP contribution in [0.5, 0.6) is 0 Å². The van der Waals surface area contributed by atoms with Crippen LogP contribution in [0.2, 0.25) is 0 Å². The van der Waals surface area contributed by atoms with Gasteiger partial charge >= 0.3 is 0 Å². The second kappa shape index (κ2) is 1.95. The van der Waals surface area contributed by atoms with Gasteiger partial charge in [0, 0.05) is 11.8 Å². The second-order valence-electron chi connectivity index (χ2n) is 2.32. The summed E-state index contributed by atoms with van der Waals surface area (Å²) in [5.41, 5.74) is 1.97. The molecule has 0 amide bonds. The van der Waals surface area contributed by atoms with Gasteiger partial charge in [0.15, 0.2) is 0 Å². The van der Waals surface area contributed by atoms with Crippen LogP contribution in [-0.2, 0) is 18.0 Å². The van der Waals surface area contributed by atoms with Crippen molar-refractivity contribution in [2.45, 2.75) is 13.2 Å². The van der Waals surface area contributed by atoms with Crippen molar-refractivity contribution >= 4 is 0 Å². The lowest BCUT2D eigenvalue weighted by Gasteiger charge is -1.91. The molecule has 0 aliphatic carbocycles. The normalized spacial score (nSPS) is 15.2. The highest BCUT2D eigenvalue weighted by molar-refractivity contribution is 5.20. The number of nitrogens with one attached hydrogen (secondary N) is 1. The van der Waals surface area contributed by atoms with Crippen LogP contribution in [0.15, 0.2) is 16.9 Å². The van der Waals surface area contributed by atoms with Crippen LogP contribution in [0.1, 0.15) is 11.3 Å². The number of hydrogen-bond acceptors (Lipinski definition) is 2. The Kier molecular flexibility index (Phi) is 1.11. The number of hydrogen-bond donors (Lipinski definition) is 1. The highest BCUT2D eigenvalue weighted by Crippen LogP contribution is 2.13. The van der Waals surface area contributed by atoms with E-state index in [1.165, 1.54) is 6.07 Å². The molecule has 3 nitrogen and oxygen atoms in total. The maximum Gasteiger partial charge on any atom is 0.248 e. The third kappa shape index (κ3) is 0.752. The molecule has 0 radical (unpaired) electrons. The van der Waals surface area contributed by atoms with Crippen molar-refractivity contribution in [3.8, 4) is 0 Å². The monoisotopic (exact) mass is 137 g/mol. The van der Waals surface area contributed by atoms with Gasteiger partial charge in [-0.3, -0.25) is 4.79 Å². The van der Waals surface area contributed by atoms with Gasteiger partial charge in [0.25, 0.3) is 0 Å². The number of rotatable bonds is 0. The largest absolute Gasteiger partial charge is 0.370 e. The molecule has 0 atom stereocenters. The fourth-order valence-corrected chi connectivity index (χ4v) is 1.07. The SMILES string of the molecule is O=c1ccc2c([nH]1)COC2. The first-order valence-electron chi connectivity index (χ1n) is 3.15. The third-order valence-corrected chi connectivity index (χ3v) is 1.60. The van der Waals surface area contributed by atoms with E-state index in [2.05, 4.69) is 4.98 Å². The van der Waals surface area contributed by atoms with Gasteiger partial charge in [-0.25, -0.2) is 0 Å². The lowest BCUT2D eigenvalue weighted by Crippen LogP contribution is -2.06. The van der Waals surface area contributed by atoms with Gasteiger partial charge in [0.2, 0.25) is 5.56 Å². The van der Waals surface area contributed by atoms with Gasteiger partial charge in [0.1, 0.15) is 0 Å². The Balaban J connectivity index is 2.63. The minimum absolute atomic E-state index is 0.0516. The highest BCUT2D eigenvalue weighted by atomic mass is 16.5. The predicted molar refractivity (Wildman–Crippen MR) is 35.6 cm³/mol. The molecule has 0 saturated heterocycles. The van der Waals surface area contributed by atoms with E-state index in [0.717, 1.165) is 11.3 Å². The standard InChI is InChI=1S/C7H7NO2/c9-7-2-1-5-3-10-4-6(5)8-7/h1-2H,3-4H2,(H,8,9). The zero-order valence-electron chi connectivity index (χ0n) is 5.39. The van der Waals surface area contributed by atoms with E-state index in [1.807, 2.05) is 0 Å². The van der Waals surface area contributed by atoms with E-state index in [0.29, 0.717) is 13.2 Å². The summed E-state index contributed by atoms with van der Waals surface area (Å²) in [5.74, 6) is 0. The molecule has 3 heteroatoms. The Morgan fingerprint density at radius 3 is 3.20 bits per heavy atom. The van der Waals surface area contributed by atoms with E-state index in [4.69, 9.17) is 4.74 Å². The van der Waals surface area contributed by atoms with Crippen LogP contribution in [-0.4, -0.2) is 4.98 Å². The van der Waals surface area contributed by atoms with Crippen molar-refractivity contribution < 1.29 is 4.74 Å². The lowest BCUT2D eigenvalue weighted by atomic mass is 10.2. The number of H-pyrrole nitrogens is 1. The van der Waals surface area contributed by atoms with E-state index in [-0.39, 0.29) is 5.56 Å².